The zero-order chi connectivity index (χ0) is 22.1. The molecule has 2 N–H and O–H groups in total. The van der Waals surface area contributed by atoms with Crippen LogP contribution in [-0.4, -0.2) is 34.5 Å². The first kappa shape index (κ1) is 21.7. The number of nitrogens with one attached hydrogen (secondary N) is 1. The number of nitriles is 1. The summed E-state index contributed by atoms with van der Waals surface area (Å²) < 4.78 is 18.2. The van der Waals surface area contributed by atoms with E-state index in [1.54, 1.807) is 36.4 Å². The Morgan fingerprint density at radius 2 is 1.84 bits per heavy atom. The van der Waals surface area contributed by atoms with Gasteiger partial charge >= 0.3 is 5.69 Å². The monoisotopic (exact) mass is 423 g/mol. The van der Waals surface area contributed by atoms with Gasteiger partial charge in [0.05, 0.1) is 24.8 Å². The van der Waals surface area contributed by atoms with Crippen LogP contribution in [0.3, 0.4) is 0 Å². The quantitative estimate of drug-likeness (QED) is 0.478. The standard InChI is InChI=1S/C22H21N3O6/c23-15-16-5-6-19(31-18-4-1-3-17(14-18)29-11-2-10-26)20(13-16)30-12-9-25-21(27)7-8-24-22(25)28/h1,3-8,13-14,26H,2,9-12H2,(H,24,28). The Morgan fingerprint density at radius 3 is 2.61 bits per heavy atom. The minimum atomic E-state index is -0.531. The third kappa shape index (κ3) is 5.98. The van der Waals surface area contributed by atoms with Crippen molar-refractivity contribution in [2.24, 2.45) is 0 Å². The van der Waals surface area contributed by atoms with Crippen LogP contribution in [-0.2, 0) is 6.54 Å². The Labute approximate surface area is 177 Å². The van der Waals surface area contributed by atoms with Crippen molar-refractivity contribution in [3.63, 3.8) is 0 Å². The molecule has 0 saturated heterocycles. The summed E-state index contributed by atoms with van der Waals surface area (Å²) in [4.78, 5) is 26.0. The number of aliphatic hydroxyl groups excluding tert-OH is 1. The van der Waals surface area contributed by atoms with Gasteiger partial charge in [-0.05, 0) is 24.3 Å². The highest BCUT2D eigenvalue weighted by atomic mass is 16.5. The van der Waals surface area contributed by atoms with Gasteiger partial charge in [-0.3, -0.25) is 9.36 Å². The molecular formula is C22H21N3O6. The van der Waals surface area contributed by atoms with Crippen LogP contribution < -0.4 is 25.5 Å². The summed E-state index contributed by atoms with van der Waals surface area (Å²) >= 11 is 0. The lowest BCUT2D eigenvalue weighted by molar-refractivity contribution is 0.233. The highest BCUT2D eigenvalue weighted by Crippen LogP contribution is 2.33. The highest BCUT2D eigenvalue weighted by molar-refractivity contribution is 5.49. The molecule has 3 aromatic rings. The zero-order valence-corrected chi connectivity index (χ0v) is 16.6. The molecule has 3 rings (SSSR count). The Kier molecular flexibility index (Phi) is 7.45. The molecule has 0 bridgehead atoms. The van der Waals surface area contributed by atoms with Crippen molar-refractivity contribution in [1.29, 1.82) is 5.26 Å². The van der Waals surface area contributed by atoms with Crippen molar-refractivity contribution in [3.8, 4) is 29.1 Å². The molecule has 160 valence electrons. The third-order valence-electron chi connectivity index (χ3n) is 4.19. The second-order valence-corrected chi connectivity index (χ2v) is 6.40. The van der Waals surface area contributed by atoms with Gasteiger partial charge in [-0.15, -0.1) is 0 Å². The van der Waals surface area contributed by atoms with E-state index >= 15 is 0 Å². The molecule has 1 heterocycles. The lowest BCUT2D eigenvalue weighted by Gasteiger charge is -2.14. The van der Waals surface area contributed by atoms with Crippen LogP contribution in [0.25, 0.3) is 0 Å². The third-order valence-corrected chi connectivity index (χ3v) is 4.19. The number of hydrogen-bond acceptors (Lipinski definition) is 7. The van der Waals surface area contributed by atoms with Crippen LogP contribution in [0.1, 0.15) is 12.0 Å². The van der Waals surface area contributed by atoms with Gasteiger partial charge in [0.1, 0.15) is 18.1 Å². The second kappa shape index (κ2) is 10.7. The Bertz CT molecular complexity index is 1150. The number of aromatic amines is 1. The first-order chi connectivity index (χ1) is 15.1. The molecule has 2 aromatic carbocycles. The van der Waals surface area contributed by atoms with Gasteiger partial charge in [0.2, 0.25) is 0 Å². The number of rotatable bonds is 10. The predicted octanol–water partition coefficient (Wildman–Crippen LogP) is 2.04. The lowest BCUT2D eigenvalue weighted by Crippen LogP contribution is -2.35. The van der Waals surface area contributed by atoms with E-state index in [-0.39, 0.29) is 19.8 Å². The minimum Gasteiger partial charge on any atom is -0.493 e. The first-order valence-electron chi connectivity index (χ1n) is 9.58. The van der Waals surface area contributed by atoms with Gasteiger partial charge < -0.3 is 24.3 Å². The summed E-state index contributed by atoms with van der Waals surface area (Å²) in [5.41, 5.74) is -0.595. The molecule has 0 atom stereocenters. The molecule has 0 unspecified atom stereocenters. The van der Waals surface area contributed by atoms with E-state index < -0.39 is 11.2 Å². The van der Waals surface area contributed by atoms with Crippen molar-refractivity contribution in [3.05, 3.63) is 81.1 Å². The highest BCUT2D eigenvalue weighted by Gasteiger charge is 2.10. The van der Waals surface area contributed by atoms with Crippen LogP contribution in [0.15, 0.2) is 64.3 Å². The molecule has 0 saturated carbocycles. The Morgan fingerprint density at radius 1 is 1.00 bits per heavy atom. The second-order valence-electron chi connectivity index (χ2n) is 6.40. The van der Waals surface area contributed by atoms with Crippen molar-refractivity contribution < 1.29 is 19.3 Å². The van der Waals surface area contributed by atoms with Crippen molar-refractivity contribution in [1.82, 2.24) is 9.55 Å². The van der Waals surface area contributed by atoms with Gasteiger partial charge in [0.15, 0.2) is 11.5 Å². The zero-order valence-electron chi connectivity index (χ0n) is 16.6. The molecule has 0 fully saturated rings. The maximum atomic E-state index is 11.8. The summed E-state index contributed by atoms with van der Waals surface area (Å²) in [5.74, 6) is 1.74. The van der Waals surface area contributed by atoms with E-state index in [0.717, 1.165) is 4.57 Å². The molecule has 1 aromatic heterocycles. The van der Waals surface area contributed by atoms with E-state index in [1.165, 1.54) is 18.3 Å². The molecule has 9 nitrogen and oxygen atoms in total. The first-order valence-corrected chi connectivity index (χ1v) is 9.58. The van der Waals surface area contributed by atoms with Crippen molar-refractivity contribution in [2.45, 2.75) is 13.0 Å². The molecule has 0 radical (unpaired) electrons. The van der Waals surface area contributed by atoms with Crippen LogP contribution in [0.2, 0.25) is 0 Å². The van der Waals surface area contributed by atoms with Crippen molar-refractivity contribution >= 4 is 0 Å². The maximum Gasteiger partial charge on any atom is 0.328 e. The summed E-state index contributed by atoms with van der Waals surface area (Å²) in [5, 5.41) is 18.0. The topological polar surface area (TPSA) is 127 Å². The number of H-pyrrole nitrogens is 1. The molecular weight excluding hydrogens is 402 g/mol. The van der Waals surface area contributed by atoms with Crippen LogP contribution in [0, 0.1) is 11.3 Å². The van der Waals surface area contributed by atoms with E-state index in [9.17, 15) is 14.9 Å². The summed E-state index contributed by atoms with van der Waals surface area (Å²) in [7, 11) is 0. The molecule has 0 aliphatic rings. The van der Waals surface area contributed by atoms with E-state index in [4.69, 9.17) is 19.3 Å². The summed E-state index contributed by atoms with van der Waals surface area (Å²) in [6, 6.07) is 15.0. The molecule has 0 amide bonds. The number of ether oxygens (including phenoxy) is 3. The minimum absolute atomic E-state index is 0.0164. The van der Waals surface area contributed by atoms with Crippen LogP contribution in [0.5, 0.6) is 23.0 Å². The molecule has 0 spiro atoms. The number of aromatic nitrogens is 2. The normalized spacial score (nSPS) is 10.3. The molecule has 0 aliphatic carbocycles. The van der Waals surface area contributed by atoms with Crippen LogP contribution >= 0.6 is 0 Å². The van der Waals surface area contributed by atoms with Crippen molar-refractivity contribution in [2.75, 3.05) is 19.8 Å². The van der Waals surface area contributed by atoms with E-state index in [1.807, 2.05) is 6.07 Å². The fourth-order valence-electron chi connectivity index (χ4n) is 2.69. The van der Waals surface area contributed by atoms with Gasteiger partial charge in [-0.2, -0.15) is 5.26 Å². The summed E-state index contributed by atoms with van der Waals surface area (Å²) in [6.45, 7) is 0.467. The SMILES string of the molecule is N#Cc1ccc(Oc2cccc(OCCCO)c2)c(OCCn2c(=O)cc[nH]c2=O)c1. The number of benzene rings is 2. The summed E-state index contributed by atoms with van der Waals surface area (Å²) in [6.07, 6.45) is 1.80. The van der Waals surface area contributed by atoms with E-state index in [2.05, 4.69) is 4.98 Å². The van der Waals surface area contributed by atoms with Gasteiger partial charge in [0.25, 0.3) is 5.56 Å². The molecule has 0 aliphatic heterocycles. The van der Waals surface area contributed by atoms with E-state index in [0.29, 0.717) is 41.6 Å². The largest absolute Gasteiger partial charge is 0.493 e. The average molecular weight is 423 g/mol. The number of hydrogen-bond donors (Lipinski definition) is 2. The smallest absolute Gasteiger partial charge is 0.328 e. The fourth-order valence-corrected chi connectivity index (χ4v) is 2.69. The average Bonchev–Trinajstić information content (AvgIpc) is 2.77. The molecule has 31 heavy (non-hydrogen) atoms. The Hall–Kier alpha value is -4.03. The fraction of sp³-hybridized carbons (Fsp3) is 0.227. The lowest BCUT2D eigenvalue weighted by atomic mass is 10.2. The van der Waals surface area contributed by atoms with Gasteiger partial charge in [-0.1, -0.05) is 6.07 Å². The maximum absolute atomic E-state index is 11.8. The number of nitrogens with zero attached hydrogens (tertiary/aromatic N) is 2. The van der Waals surface area contributed by atoms with Crippen LogP contribution in [0.4, 0.5) is 0 Å². The van der Waals surface area contributed by atoms with Gasteiger partial charge in [0, 0.05) is 37.4 Å². The Balaban J connectivity index is 1.74. The molecule has 9 heteroatoms. The van der Waals surface area contributed by atoms with Gasteiger partial charge in [-0.25, -0.2) is 4.79 Å². The predicted molar refractivity (Wildman–Crippen MR) is 112 cm³/mol. The number of aliphatic hydroxyl groups is 1.